The van der Waals surface area contributed by atoms with Crippen molar-refractivity contribution in [3.8, 4) is 0 Å². The first-order chi connectivity index (χ1) is 5.18. The van der Waals surface area contributed by atoms with E-state index in [1.165, 1.54) is 25.7 Å². The summed E-state index contributed by atoms with van der Waals surface area (Å²) in [5.41, 5.74) is 0.159. The van der Waals surface area contributed by atoms with Crippen LogP contribution in [-0.2, 0) is 4.79 Å². The van der Waals surface area contributed by atoms with Gasteiger partial charge in [0.1, 0.15) is 0 Å². The third-order valence-corrected chi connectivity index (χ3v) is 2.68. The van der Waals surface area contributed by atoms with Crippen molar-refractivity contribution < 1.29 is 4.79 Å². The van der Waals surface area contributed by atoms with Crippen LogP contribution < -0.4 is 5.32 Å². The van der Waals surface area contributed by atoms with Gasteiger partial charge in [0.05, 0.1) is 0 Å². The third kappa shape index (κ3) is 1.95. The Bertz CT molecular complexity index is 148. The van der Waals surface area contributed by atoms with Crippen LogP contribution in [0.25, 0.3) is 0 Å². The summed E-state index contributed by atoms with van der Waals surface area (Å²) < 4.78 is 0. The van der Waals surface area contributed by atoms with Crippen LogP contribution in [0.5, 0.6) is 0 Å². The fraction of sp³-hybridized carbons (Fsp3) is 0.889. The molecule has 0 radical (unpaired) electrons. The molecule has 0 saturated heterocycles. The molecule has 11 heavy (non-hydrogen) atoms. The second kappa shape index (κ2) is 3.24. The van der Waals surface area contributed by atoms with E-state index < -0.39 is 0 Å². The Kier molecular flexibility index (Phi) is 2.53. The van der Waals surface area contributed by atoms with Crippen molar-refractivity contribution in [1.82, 2.24) is 5.32 Å². The van der Waals surface area contributed by atoms with Crippen molar-refractivity contribution in [3.63, 3.8) is 0 Å². The number of amides is 1. The topological polar surface area (TPSA) is 29.1 Å². The molecule has 64 valence electrons. The lowest BCUT2D eigenvalue weighted by molar-refractivity contribution is -0.120. The molecule has 0 aliphatic heterocycles. The first-order valence-corrected chi connectivity index (χ1v) is 4.47. The molecule has 0 aromatic rings. The maximum Gasteiger partial charge on any atom is 0.217 e. The van der Waals surface area contributed by atoms with Crippen molar-refractivity contribution in [2.45, 2.75) is 51.5 Å². The van der Waals surface area contributed by atoms with Crippen LogP contribution in [0.4, 0.5) is 0 Å². The molecule has 0 aromatic heterocycles. The van der Waals surface area contributed by atoms with E-state index in [1.807, 2.05) is 0 Å². The van der Waals surface area contributed by atoms with Crippen LogP contribution in [0, 0.1) is 0 Å². The highest BCUT2D eigenvalue weighted by Gasteiger charge is 2.32. The Hall–Kier alpha value is -0.530. The number of carbonyl (C=O) groups is 1. The molecule has 0 atom stereocenters. The van der Waals surface area contributed by atoms with E-state index >= 15 is 0 Å². The molecule has 0 heterocycles. The zero-order chi connectivity index (χ0) is 8.32. The predicted molar refractivity (Wildman–Crippen MR) is 45.3 cm³/mol. The highest BCUT2D eigenvalue weighted by Crippen LogP contribution is 2.32. The molecule has 2 heteroatoms. The van der Waals surface area contributed by atoms with Gasteiger partial charge in [0, 0.05) is 12.5 Å². The Morgan fingerprint density at radius 2 is 2.00 bits per heavy atom. The molecule has 0 bridgehead atoms. The maximum absolute atomic E-state index is 10.9. The van der Waals surface area contributed by atoms with Gasteiger partial charge in [0.2, 0.25) is 5.91 Å². The minimum absolute atomic E-state index is 0.119. The van der Waals surface area contributed by atoms with Gasteiger partial charge in [-0.25, -0.2) is 0 Å². The SMILES string of the molecule is CCC1(NC(C)=O)CCCC1. The average Bonchev–Trinajstić information content (AvgIpc) is 2.36. The van der Waals surface area contributed by atoms with Gasteiger partial charge >= 0.3 is 0 Å². The Labute approximate surface area is 68.4 Å². The lowest BCUT2D eigenvalue weighted by Gasteiger charge is -2.28. The first kappa shape index (κ1) is 8.57. The van der Waals surface area contributed by atoms with Crippen LogP contribution in [0.15, 0.2) is 0 Å². The summed E-state index contributed by atoms with van der Waals surface area (Å²) in [6, 6.07) is 0. The molecule has 1 aliphatic carbocycles. The number of hydrogen-bond acceptors (Lipinski definition) is 1. The molecule has 1 amide bonds. The second-order valence-electron chi connectivity index (χ2n) is 3.52. The number of carbonyl (C=O) groups excluding carboxylic acids is 1. The van der Waals surface area contributed by atoms with Crippen LogP contribution >= 0.6 is 0 Å². The van der Waals surface area contributed by atoms with Gasteiger partial charge in [0.25, 0.3) is 0 Å². The Morgan fingerprint density at radius 3 is 2.36 bits per heavy atom. The third-order valence-electron chi connectivity index (χ3n) is 2.68. The molecule has 0 unspecified atom stereocenters. The minimum Gasteiger partial charge on any atom is -0.351 e. The summed E-state index contributed by atoms with van der Waals surface area (Å²) in [7, 11) is 0. The molecule has 0 aromatic carbocycles. The second-order valence-corrected chi connectivity index (χ2v) is 3.52. The zero-order valence-electron chi connectivity index (χ0n) is 7.44. The van der Waals surface area contributed by atoms with Crippen LogP contribution in [0.1, 0.15) is 46.0 Å². The fourth-order valence-corrected chi connectivity index (χ4v) is 1.99. The Balaban J connectivity index is 2.52. The zero-order valence-corrected chi connectivity index (χ0v) is 7.44. The largest absolute Gasteiger partial charge is 0.351 e. The van der Waals surface area contributed by atoms with Crippen LogP contribution in [-0.4, -0.2) is 11.4 Å². The van der Waals surface area contributed by atoms with E-state index in [0.29, 0.717) is 0 Å². The van der Waals surface area contributed by atoms with Gasteiger partial charge in [-0.05, 0) is 19.3 Å². The summed E-state index contributed by atoms with van der Waals surface area (Å²) in [6.45, 7) is 3.76. The molecule has 1 fully saturated rings. The molecular formula is C9H17NO. The average molecular weight is 155 g/mol. The fourth-order valence-electron chi connectivity index (χ4n) is 1.99. The van der Waals surface area contributed by atoms with E-state index in [4.69, 9.17) is 0 Å². The smallest absolute Gasteiger partial charge is 0.217 e. The molecule has 1 N–H and O–H groups in total. The standard InChI is InChI=1S/C9H17NO/c1-3-9(10-8(2)11)6-4-5-7-9/h3-7H2,1-2H3,(H,10,11). The van der Waals surface area contributed by atoms with E-state index in [9.17, 15) is 4.79 Å². The van der Waals surface area contributed by atoms with Crippen molar-refractivity contribution in [2.24, 2.45) is 0 Å². The summed E-state index contributed by atoms with van der Waals surface area (Å²) in [6.07, 6.45) is 5.96. The van der Waals surface area contributed by atoms with Gasteiger partial charge in [-0.1, -0.05) is 19.8 Å². The van der Waals surface area contributed by atoms with Crippen molar-refractivity contribution >= 4 is 5.91 Å². The lowest BCUT2D eigenvalue weighted by Crippen LogP contribution is -2.44. The summed E-state index contributed by atoms with van der Waals surface area (Å²) in [5.74, 6) is 0.119. The minimum atomic E-state index is 0.119. The molecule has 1 aliphatic rings. The summed E-state index contributed by atoms with van der Waals surface area (Å²) >= 11 is 0. The van der Waals surface area contributed by atoms with Crippen molar-refractivity contribution in [1.29, 1.82) is 0 Å². The van der Waals surface area contributed by atoms with Gasteiger partial charge in [0.15, 0.2) is 0 Å². The number of hydrogen-bond donors (Lipinski definition) is 1. The molecular weight excluding hydrogens is 138 g/mol. The normalized spacial score (nSPS) is 21.6. The van der Waals surface area contributed by atoms with E-state index in [2.05, 4.69) is 12.2 Å². The summed E-state index contributed by atoms with van der Waals surface area (Å²) in [4.78, 5) is 10.9. The summed E-state index contributed by atoms with van der Waals surface area (Å²) in [5, 5.41) is 3.07. The van der Waals surface area contributed by atoms with Gasteiger partial charge in [-0.15, -0.1) is 0 Å². The van der Waals surface area contributed by atoms with Crippen molar-refractivity contribution in [2.75, 3.05) is 0 Å². The monoisotopic (exact) mass is 155 g/mol. The molecule has 1 rings (SSSR count). The lowest BCUT2D eigenvalue weighted by atomic mass is 9.94. The van der Waals surface area contributed by atoms with Crippen molar-refractivity contribution in [3.05, 3.63) is 0 Å². The number of nitrogens with one attached hydrogen (secondary N) is 1. The molecule has 1 saturated carbocycles. The van der Waals surface area contributed by atoms with Gasteiger partial charge < -0.3 is 5.32 Å². The molecule has 0 spiro atoms. The maximum atomic E-state index is 10.9. The quantitative estimate of drug-likeness (QED) is 0.647. The van der Waals surface area contributed by atoms with Gasteiger partial charge in [-0.3, -0.25) is 4.79 Å². The van der Waals surface area contributed by atoms with E-state index in [-0.39, 0.29) is 11.4 Å². The van der Waals surface area contributed by atoms with E-state index in [1.54, 1.807) is 6.92 Å². The predicted octanol–water partition coefficient (Wildman–Crippen LogP) is 1.85. The highest BCUT2D eigenvalue weighted by molar-refractivity contribution is 5.73. The molecule has 2 nitrogen and oxygen atoms in total. The van der Waals surface area contributed by atoms with Crippen LogP contribution in [0.2, 0.25) is 0 Å². The van der Waals surface area contributed by atoms with Gasteiger partial charge in [-0.2, -0.15) is 0 Å². The van der Waals surface area contributed by atoms with E-state index in [0.717, 1.165) is 6.42 Å². The van der Waals surface area contributed by atoms with Crippen LogP contribution in [0.3, 0.4) is 0 Å². The Morgan fingerprint density at radius 1 is 1.45 bits per heavy atom. The number of rotatable bonds is 2. The first-order valence-electron chi connectivity index (χ1n) is 4.47. The highest BCUT2D eigenvalue weighted by atomic mass is 16.1.